The van der Waals surface area contributed by atoms with Crippen molar-refractivity contribution in [3.05, 3.63) is 52.0 Å². The Hall–Kier alpha value is -2.87. The van der Waals surface area contributed by atoms with Gasteiger partial charge in [0.2, 0.25) is 0 Å². The SMILES string of the molecule is CN(Cc1ccc2c(c1)OCCO2)C(=O)c1cc(F)cc2[nH]c(=S)[nH]c12. The Balaban J connectivity index is 1.61. The molecule has 8 heteroatoms. The molecule has 0 saturated carbocycles. The van der Waals surface area contributed by atoms with Gasteiger partial charge in [-0.15, -0.1) is 0 Å². The Kier molecular flexibility index (Phi) is 4.12. The number of hydrogen-bond acceptors (Lipinski definition) is 4. The highest BCUT2D eigenvalue weighted by Gasteiger charge is 2.19. The van der Waals surface area contributed by atoms with Crippen molar-refractivity contribution in [2.24, 2.45) is 0 Å². The maximum atomic E-state index is 13.9. The van der Waals surface area contributed by atoms with Crippen LogP contribution in [-0.2, 0) is 6.54 Å². The van der Waals surface area contributed by atoms with Crippen LogP contribution in [0.5, 0.6) is 11.5 Å². The first-order chi connectivity index (χ1) is 12.5. The minimum Gasteiger partial charge on any atom is -0.486 e. The molecule has 0 aliphatic carbocycles. The number of carbonyl (C=O) groups excluding carboxylic acids is 1. The summed E-state index contributed by atoms with van der Waals surface area (Å²) in [6.45, 7) is 1.37. The number of imidazole rings is 1. The van der Waals surface area contributed by atoms with Crippen LogP contribution in [0.3, 0.4) is 0 Å². The molecule has 2 heterocycles. The predicted octanol–water partition coefficient (Wildman–Crippen LogP) is 3.41. The molecule has 1 amide bonds. The zero-order chi connectivity index (χ0) is 18.3. The average molecular weight is 373 g/mol. The van der Waals surface area contributed by atoms with Gasteiger partial charge in [-0.1, -0.05) is 6.07 Å². The smallest absolute Gasteiger partial charge is 0.256 e. The van der Waals surface area contributed by atoms with E-state index in [9.17, 15) is 9.18 Å². The summed E-state index contributed by atoms with van der Waals surface area (Å²) < 4.78 is 25.3. The number of H-pyrrole nitrogens is 2. The molecule has 2 aromatic carbocycles. The van der Waals surface area contributed by atoms with E-state index in [0.29, 0.717) is 47.1 Å². The van der Waals surface area contributed by atoms with E-state index in [4.69, 9.17) is 21.7 Å². The largest absolute Gasteiger partial charge is 0.486 e. The molecule has 0 unspecified atom stereocenters. The number of halogens is 1. The van der Waals surface area contributed by atoms with E-state index < -0.39 is 5.82 Å². The van der Waals surface area contributed by atoms with Crippen molar-refractivity contribution in [2.75, 3.05) is 20.3 Å². The second-order valence-electron chi connectivity index (χ2n) is 6.09. The van der Waals surface area contributed by atoms with Gasteiger partial charge in [0.15, 0.2) is 16.3 Å². The molecule has 0 radical (unpaired) electrons. The van der Waals surface area contributed by atoms with Crippen molar-refractivity contribution in [3.8, 4) is 11.5 Å². The molecule has 0 saturated heterocycles. The number of ether oxygens (including phenoxy) is 2. The quantitative estimate of drug-likeness (QED) is 0.691. The third kappa shape index (κ3) is 3.03. The summed E-state index contributed by atoms with van der Waals surface area (Å²) in [5.41, 5.74) is 2.08. The van der Waals surface area contributed by atoms with Crippen molar-refractivity contribution < 1.29 is 18.7 Å². The second-order valence-corrected chi connectivity index (χ2v) is 6.50. The van der Waals surface area contributed by atoms with Crippen molar-refractivity contribution in [1.29, 1.82) is 0 Å². The van der Waals surface area contributed by atoms with Crippen molar-refractivity contribution in [1.82, 2.24) is 14.9 Å². The molecule has 0 fully saturated rings. The Labute approximate surface area is 153 Å². The van der Waals surface area contributed by atoms with Gasteiger partial charge in [0.25, 0.3) is 5.91 Å². The van der Waals surface area contributed by atoms with Gasteiger partial charge in [0.05, 0.1) is 16.6 Å². The third-order valence-corrected chi connectivity index (χ3v) is 4.40. The number of nitrogens with one attached hydrogen (secondary N) is 2. The van der Waals surface area contributed by atoms with E-state index in [1.807, 2.05) is 18.2 Å². The molecule has 0 atom stereocenters. The van der Waals surface area contributed by atoms with Crippen LogP contribution in [0.25, 0.3) is 11.0 Å². The van der Waals surface area contributed by atoms with Crippen LogP contribution in [0.1, 0.15) is 15.9 Å². The van der Waals surface area contributed by atoms with E-state index in [-0.39, 0.29) is 11.5 Å². The Morgan fingerprint density at radius 1 is 1.19 bits per heavy atom. The number of nitrogens with zero attached hydrogens (tertiary/aromatic N) is 1. The first kappa shape index (κ1) is 16.6. The monoisotopic (exact) mass is 373 g/mol. The van der Waals surface area contributed by atoms with Crippen LogP contribution in [0.15, 0.2) is 30.3 Å². The molecule has 1 aliphatic heterocycles. The molecular weight excluding hydrogens is 357 g/mol. The van der Waals surface area contributed by atoms with E-state index in [1.165, 1.54) is 17.0 Å². The molecule has 6 nitrogen and oxygen atoms in total. The van der Waals surface area contributed by atoms with Crippen molar-refractivity contribution in [3.63, 3.8) is 0 Å². The summed E-state index contributed by atoms with van der Waals surface area (Å²) in [6, 6.07) is 8.07. The minimum atomic E-state index is -0.501. The molecular formula is C18H16FN3O3S. The molecule has 26 heavy (non-hydrogen) atoms. The number of fused-ring (bicyclic) bond motifs is 2. The number of hydrogen-bond donors (Lipinski definition) is 2. The first-order valence-electron chi connectivity index (χ1n) is 8.07. The van der Waals surface area contributed by atoms with E-state index >= 15 is 0 Å². The van der Waals surface area contributed by atoms with E-state index in [2.05, 4.69) is 9.97 Å². The first-order valence-corrected chi connectivity index (χ1v) is 8.47. The Bertz CT molecular complexity index is 1060. The van der Waals surface area contributed by atoms with Gasteiger partial charge >= 0.3 is 0 Å². The van der Waals surface area contributed by atoms with Crippen LogP contribution in [0.4, 0.5) is 4.39 Å². The van der Waals surface area contributed by atoms with Gasteiger partial charge in [-0.25, -0.2) is 4.39 Å². The highest BCUT2D eigenvalue weighted by atomic mass is 32.1. The predicted molar refractivity (Wildman–Crippen MR) is 96.7 cm³/mol. The van der Waals surface area contributed by atoms with Gasteiger partial charge in [-0.2, -0.15) is 0 Å². The average Bonchev–Trinajstić information content (AvgIpc) is 3.00. The molecule has 3 aromatic rings. The number of amides is 1. The van der Waals surface area contributed by atoms with Gasteiger partial charge in [0, 0.05) is 13.6 Å². The zero-order valence-corrected chi connectivity index (χ0v) is 14.8. The van der Waals surface area contributed by atoms with Crippen molar-refractivity contribution in [2.45, 2.75) is 6.54 Å². The van der Waals surface area contributed by atoms with Gasteiger partial charge < -0.3 is 24.3 Å². The van der Waals surface area contributed by atoms with Crippen molar-refractivity contribution >= 4 is 29.2 Å². The summed E-state index contributed by atoms with van der Waals surface area (Å²) >= 11 is 5.05. The standard InChI is InChI=1S/C18H16FN3O3S/c1-22(9-10-2-3-14-15(6-10)25-5-4-24-14)17(23)12-7-11(19)8-13-16(12)21-18(26)20-13/h2-3,6-8H,4-5,9H2,1H3,(H2,20,21,26). The molecule has 1 aliphatic rings. The Morgan fingerprint density at radius 3 is 2.77 bits per heavy atom. The van der Waals surface area contributed by atoms with Crippen LogP contribution in [0.2, 0.25) is 0 Å². The highest BCUT2D eigenvalue weighted by molar-refractivity contribution is 7.71. The topological polar surface area (TPSA) is 70.3 Å². The molecule has 1 aromatic heterocycles. The fourth-order valence-corrected chi connectivity index (χ4v) is 3.23. The number of aromatic amines is 2. The lowest BCUT2D eigenvalue weighted by Gasteiger charge is -2.21. The summed E-state index contributed by atoms with van der Waals surface area (Å²) in [5, 5.41) is 0. The summed E-state index contributed by atoms with van der Waals surface area (Å²) in [7, 11) is 1.66. The molecule has 4 rings (SSSR count). The zero-order valence-electron chi connectivity index (χ0n) is 14.0. The number of rotatable bonds is 3. The van der Waals surface area contributed by atoms with E-state index in [1.54, 1.807) is 7.05 Å². The lowest BCUT2D eigenvalue weighted by molar-refractivity contribution is 0.0786. The third-order valence-electron chi connectivity index (χ3n) is 4.19. The molecule has 2 N–H and O–H groups in total. The number of carbonyl (C=O) groups is 1. The molecule has 134 valence electrons. The fraction of sp³-hybridized carbons (Fsp3) is 0.222. The highest BCUT2D eigenvalue weighted by Crippen LogP contribution is 2.31. The fourth-order valence-electron chi connectivity index (χ4n) is 3.01. The summed E-state index contributed by atoms with van der Waals surface area (Å²) in [6.07, 6.45) is 0. The van der Waals surface area contributed by atoms with Gasteiger partial charge in [-0.3, -0.25) is 4.79 Å². The summed E-state index contributed by atoms with van der Waals surface area (Å²) in [4.78, 5) is 20.1. The number of benzene rings is 2. The maximum absolute atomic E-state index is 13.9. The molecule has 0 spiro atoms. The van der Waals surface area contributed by atoms with E-state index in [0.717, 1.165) is 5.56 Å². The normalized spacial score (nSPS) is 13.0. The second kappa shape index (κ2) is 6.45. The van der Waals surface area contributed by atoms with Gasteiger partial charge in [0.1, 0.15) is 19.0 Å². The lowest BCUT2D eigenvalue weighted by atomic mass is 10.1. The Morgan fingerprint density at radius 2 is 1.96 bits per heavy atom. The van der Waals surface area contributed by atoms with Crippen LogP contribution >= 0.6 is 12.2 Å². The van der Waals surface area contributed by atoms with Crippen LogP contribution in [-0.4, -0.2) is 41.0 Å². The maximum Gasteiger partial charge on any atom is 0.256 e. The number of aromatic nitrogens is 2. The van der Waals surface area contributed by atoms with Crippen LogP contribution in [0, 0.1) is 10.6 Å². The minimum absolute atomic E-state index is 0.229. The lowest BCUT2D eigenvalue weighted by Crippen LogP contribution is -2.26. The summed E-state index contributed by atoms with van der Waals surface area (Å²) in [5.74, 6) is 0.548. The van der Waals surface area contributed by atoms with Gasteiger partial charge in [-0.05, 0) is 42.0 Å². The molecule has 0 bridgehead atoms. The van der Waals surface area contributed by atoms with Crippen LogP contribution < -0.4 is 9.47 Å².